The van der Waals surface area contributed by atoms with Crippen LogP contribution < -0.4 is 0 Å². The molecule has 0 bridgehead atoms. The highest BCUT2D eigenvalue weighted by molar-refractivity contribution is 7.89. The van der Waals surface area contributed by atoms with E-state index in [-0.39, 0.29) is 22.1 Å². The Morgan fingerprint density at radius 2 is 1.59 bits per heavy atom. The fourth-order valence-corrected chi connectivity index (χ4v) is 5.57. The van der Waals surface area contributed by atoms with Gasteiger partial charge in [0.2, 0.25) is 10.0 Å². The number of hydrogen-bond donors (Lipinski definition) is 0. The van der Waals surface area contributed by atoms with Crippen LogP contribution in [0.25, 0.3) is 0 Å². The van der Waals surface area contributed by atoms with Gasteiger partial charge < -0.3 is 19.3 Å². The number of rotatable bonds is 6. The molecule has 12 heteroatoms. The highest BCUT2D eigenvalue weighted by Crippen LogP contribution is 2.28. The molecule has 3 rings (SSSR count). The van der Waals surface area contributed by atoms with E-state index in [9.17, 15) is 22.8 Å². The summed E-state index contributed by atoms with van der Waals surface area (Å²) < 4.78 is 37.0. The minimum absolute atomic E-state index is 0.00731. The van der Waals surface area contributed by atoms with Crippen LogP contribution in [-0.2, 0) is 24.3 Å². The van der Waals surface area contributed by atoms with Crippen LogP contribution in [0.3, 0.4) is 0 Å². The third-order valence-corrected chi connectivity index (χ3v) is 7.72. The maximum Gasteiger partial charge on any atom is 0.409 e. The van der Waals surface area contributed by atoms with Gasteiger partial charge in [-0.2, -0.15) is 4.31 Å². The summed E-state index contributed by atoms with van der Waals surface area (Å²) in [6, 6.07) is 3.87. The van der Waals surface area contributed by atoms with E-state index >= 15 is 0 Å². The van der Waals surface area contributed by atoms with Gasteiger partial charge in [-0.15, -0.1) is 0 Å². The number of carbonyl (C=O) groups excluding carboxylic acids is 3. The van der Waals surface area contributed by atoms with Gasteiger partial charge in [0.1, 0.15) is 4.90 Å². The van der Waals surface area contributed by atoms with Gasteiger partial charge in [-0.3, -0.25) is 4.79 Å². The molecule has 176 valence electrons. The first kappa shape index (κ1) is 24.3. The van der Waals surface area contributed by atoms with E-state index in [4.69, 9.17) is 21.1 Å². The van der Waals surface area contributed by atoms with Gasteiger partial charge >= 0.3 is 12.1 Å². The summed E-state index contributed by atoms with van der Waals surface area (Å²) in [6.07, 6.45) is 1.12. The lowest BCUT2D eigenvalue weighted by atomic mass is 10.2. The number of benzene rings is 1. The summed E-state index contributed by atoms with van der Waals surface area (Å²) in [5.74, 6) is -1.22. The number of carbonyl (C=O) groups is 3. The summed E-state index contributed by atoms with van der Waals surface area (Å²) >= 11 is 6.09. The molecule has 0 saturated carbocycles. The van der Waals surface area contributed by atoms with Crippen molar-refractivity contribution in [2.24, 2.45) is 0 Å². The van der Waals surface area contributed by atoms with Crippen molar-refractivity contribution in [2.75, 3.05) is 52.5 Å². The molecule has 2 fully saturated rings. The van der Waals surface area contributed by atoms with Crippen LogP contribution in [0.4, 0.5) is 4.79 Å². The molecule has 1 aromatic carbocycles. The predicted molar refractivity (Wildman–Crippen MR) is 115 cm³/mol. The van der Waals surface area contributed by atoms with Crippen molar-refractivity contribution in [3.8, 4) is 0 Å². The lowest BCUT2D eigenvalue weighted by Gasteiger charge is -2.33. The maximum absolute atomic E-state index is 12.8. The van der Waals surface area contributed by atoms with E-state index in [0.29, 0.717) is 39.3 Å². The number of halogens is 1. The summed E-state index contributed by atoms with van der Waals surface area (Å²) in [6.45, 7) is 3.58. The van der Waals surface area contributed by atoms with Crippen molar-refractivity contribution in [3.63, 3.8) is 0 Å². The largest absolute Gasteiger partial charge is 0.452 e. The van der Waals surface area contributed by atoms with Crippen molar-refractivity contribution < 1.29 is 32.3 Å². The Morgan fingerprint density at radius 3 is 2.22 bits per heavy atom. The van der Waals surface area contributed by atoms with Crippen LogP contribution in [0.2, 0.25) is 5.02 Å². The molecule has 0 aliphatic carbocycles. The van der Waals surface area contributed by atoms with Crippen LogP contribution in [-0.4, -0.2) is 93.0 Å². The second-order valence-electron chi connectivity index (χ2n) is 7.40. The Labute approximate surface area is 192 Å². The second kappa shape index (κ2) is 10.5. The molecular formula is C20H26ClN3O7S. The zero-order valence-electron chi connectivity index (χ0n) is 17.8. The quantitative estimate of drug-likeness (QED) is 0.559. The number of piperazine rings is 1. The molecule has 0 unspecified atom stereocenters. The molecule has 0 radical (unpaired) electrons. The minimum Gasteiger partial charge on any atom is -0.452 e. The smallest absolute Gasteiger partial charge is 0.409 e. The molecule has 0 spiro atoms. The van der Waals surface area contributed by atoms with Gasteiger partial charge in [0.25, 0.3) is 5.91 Å². The molecule has 0 N–H and O–H groups in total. The highest BCUT2D eigenvalue weighted by atomic mass is 35.5. The summed E-state index contributed by atoms with van der Waals surface area (Å²) in [5, 5.41) is 0.0176. The summed E-state index contributed by atoms with van der Waals surface area (Å²) in [4.78, 5) is 39.4. The Bertz CT molecular complexity index is 971. The molecule has 1 aromatic rings. The molecule has 2 saturated heterocycles. The number of sulfonamides is 1. The Kier molecular flexibility index (Phi) is 7.96. The first-order valence-electron chi connectivity index (χ1n) is 10.4. The van der Waals surface area contributed by atoms with Crippen molar-refractivity contribution in [1.29, 1.82) is 0 Å². The first-order chi connectivity index (χ1) is 15.2. The number of ether oxygens (including phenoxy) is 2. The van der Waals surface area contributed by atoms with Crippen molar-refractivity contribution >= 4 is 39.6 Å². The van der Waals surface area contributed by atoms with Gasteiger partial charge in [-0.05, 0) is 38.0 Å². The predicted octanol–water partition coefficient (Wildman–Crippen LogP) is 1.58. The van der Waals surface area contributed by atoms with Crippen molar-refractivity contribution in [1.82, 2.24) is 14.1 Å². The van der Waals surface area contributed by atoms with E-state index in [1.807, 2.05) is 0 Å². The maximum atomic E-state index is 12.8. The van der Waals surface area contributed by atoms with Crippen molar-refractivity contribution in [2.45, 2.75) is 24.7 Å². The molecule has 0 atom stereocenters. The van der Waals surface area contributed by atoms with Crippen LogP contribution in [0, 0.1) is 0 Å². The van der Waals surface area contributed by atoms with Crippen molar-refractivity contribution in [3.05, 3.63) is 28.8 Å². The number of hydrogen-bond acceptors (Lipinski definition) is 7. The Morgan fingerprint density at radius 1 is 0.969 bits per heavy atom. The van der Waals surface area contributed by atoms with E-state index in [2.05, 4.69) is 0 Å². The average molecular weight is 488 g/mol. The monoisotopic (exact) mass is 487 g/mol. The zero-order chi connectivity index (χ0) is 23.3. The number of esters is 1. The SMILES string of the molecule is CCOC(=O)N1CCN(C(=O)COC(=O)c2ccc(Cl)c(S(=O)(=O)N3CCCC3)c2)CC1. The molecule has 0 aromatic heterocycles. The average Bonchev–Trinajstić information content (AvgIpc) is 3.33. The van der Waals surface area contributed by atoms with E-state index in [1.165, 1.54) is 32.3 Å². The zero-order valence-corrected chi connectivity index (χ0v) is 19.4. The molecule has 2 heterocycles. The van der Waals surface area contributed by atoms with Crippen LogP contribution >= 0.6 is 11.6 Å². The van der Waals surface area contributed by atoms with Crippen LogP contribution in [0.15, 0.2) is 23.1 Å². The highest BCUT2D eigenvalue weighted by Gasteiger charge is 2.30. The molecular weight excluding hydrogens is 462 g/mol. The number of amides is 2. The first-order valence-corrected chi connectivity index (χ1v) is 12.2. The summed E-state index contributed by atoms with van der Waals surface area (Å²) in [7, 11) is -3.81. The molecule has 2 aliphatic rings. The number of nitrogens with zero attached hydrogens (tertiary/aromatic N) is 3. The van der Waals surface area contributed by atoms with Gasteiger partial charge in [0.15, 0.2) is 6.61 Å². The minimum atomic E-state index is -3.81. The molecule has 2 aliphatic heterocycles. The molecule has 2 amide bonds. The fourth-order valence-electron chi connectivity index (χ4n) is 3.55. The van der Waals surface area contributed by atoms with E-state index < -0.39 is 34.6 Å². The summed E-state index contributed by atoms with van der Waals surface area (Å²) in [5.41, 5.74) is -0.00731. The normalized spacial score (nSPS) is 17.3. The van der Waals surface area contributed by atoms with Gasteiger partial charge in [-0.1, -0.05) is 11.6 Å². The fraction of sp³-hybridized carbons (Fsp3) is 0.550. The molecule has 10 nitrogen and oxygen atoms in total. The van der Waals surface area contributed by atoms with Gasteiger partial charge in [0.05, 0.1) is 17.2 Å². The standard InChI is InChI=1S/C20H26ClN3O7S/c1-2-30-20(27)23-11-9-22(10-12-23)18(25)14-31-19(26)15-5-6-16(21)17(13-15)32(28,29)24-7-3-4-8-24/h5-6,13H,2-4,7-12,14H2,1H3. The topological polar surface area (TPSA) is 114 Å². The second-order valence-corrected chi connectivity index (χ2v) is 9.71. The van der Waals surface area contributed by atoms with E-state index in [1.54, 1.807) is 6.92 Å². The third-order valence-electron chi connectivity index (χ3n) is 5.33. The lowest BCUT2D eigenvalue weighted by Crippen LogP contribution is -2.51. The van der Waals surface area contributed by atoms with Crippen LogP contribution in [0.5, 0.6) is 0 Å². The van der Waals surface area contributed by atoms with Gasteiger partial charge in [-0.25, -0.2) is 18.0 Å². The Hall–Kier alpha value is -2.37. The Balaban J connectivity index is 1.57. The lowest BCUT2D eigenvalue weighted by molar-refractivity contribution is -0.136. The third kappa shape index (κ3) is 5.51. The van der Waals surface area contributed by atoms with Crippen LogP contribution in [0.1, 0.15) is 30.1 Å². The molecule has 32 heavy (non-hydrogen) atoms. The van der Waals surface area contributed by atoms with Gasteiger partial charge in [0, 0.05) is 39.3 Å². The van der Waals surface area contributed by atoms with E-state index in [0.717, 1.165) is 12.8 Å².